The van der Waals surface area contributed by atoms with E-state index in [-0.39, 0.29) is 0 Å². The van der Waals surface area contributed by atoms with Gasteiger partial charge in [-0.25, -0.2) is 0 Å². The molecule has 0 aliphatic heterocycles. The molecular formula is C16H18BrNO. The Bertz CT molecular complexity index is 549. The van der Waals surface area contributed by atoms with Gasteiger partial charge in [0.05, 0.1) is 5.60 Å². The van der Waals surface area contributed by atoms with Crippen LogP contribution < -0.4 is 0 Å². The molecule has 2 rings (SSSR count). The summed E-state index contributed by atoms with van der Waals surface area (Å²) < 4.78 is 0.933. The van der Waals surface area contributed by atoms with Gasteiger partial charge in [-0.2, -0.15) is 0 Å². The molecule has 0 aliphatic carbocycles. The number of benzene rings is 1. The summed E-state index contributed by atoms with van der Waals surface area (Å²) in [5, 5.41) is 10.7. The predicted molar refractivity (Wildman–Crippen MR) is 81.0 cm³/mol. The van der Waals surface area contributed by atoms with Crippen LogP contribution in [-0.4, -0.2) is 10.1 Å². The van der Waals surface area contributed by atoms with Gasteiger partial charge in [0.25, 0.3) is 0 Å². The number of hydrogen-bond donors (Lipinski definition) is 1. The molecule has 1 atom stereocenters. The van der Waals surface area contributed by atoms with E-state index >= 15 is 0 Å². The molecule has 1 unspecified atom stereocenters. The Hall–Kier alpha value is -1.19. The van der Waals surface area contributed by atoms with Crippen LogP contribution in [0.1, 0.15) is 30.5 Å². The van der Waals surface area contributed by atoms with Crippen LogP contribution in [0.15, 0.2) is 47.2 Å². The highest BCUT2D eigenvalue weighted by Gasteiger charge is 2.23. The Morgan fingerprint density at radius 1 is 1.16 bits per heavy atom. The van der Waals surface area contributed by atoms with Crippen LogP contribution in [0.5, 0.6) is 0 Å². The van der Waals surface area contributed by atoms with Crippen LogP contribution in [0.4, 0.5) is 0 Å². The molecule has 0 aliphatic rings. The van der Waals surface area contributed by atoms with Crippen LogP contribution in [0.25, 0.3) is 0 Å². The third-order valence-corrected chi connectivity index (χ3v) is 3.73. The molecule has 1 aromatic heterocycles. The normalized spacial score (nSPS) is 14.1. The monoisotopic (exact) mass is 319 g/mol. The average molecular weight is 320 g/mol. The Morgan fingerprint density at radius 3 is 2.42 bits per heavy atom. The summed E-state index contributed by atoms with van der Waals surface area (Å²) in [6, 6.07) is 10.1. The first-order valence-corrected chi connectivity index (χ1v) is 7.22. The zero-order valence-electron chi connectivity index (χ0n) is 11.2. The molecule has 0 amide bonds. The van der Waals surface area contributed by atoms with E-state index in [4.69, 9.17) is 0 Å². The molecule has 0 bridgehead atoms. The fourth-order valence-electron chi connectivity index (χ4n) is 2.15. The van der Waals surface area contributed by atoms with Gasteiger partial charge in [0, 0.05) is 23.3 Å². The van der Waals surface area contributed by atoms with E-state index < -0.39 is 5.60 Å². The number of halogens is 1. The molecule has 3 heteroatoms. The number of aliphatic hydroxyl groups is 1. The van der Waals surface area contributed by atoms with E-state index in [9.17, 15) is 5.11 Å². The van der Waals surface area contributed by atoms with Gasteiger partial charge < -0.3 is 5.11 Å². The molecule has 1 N–H and O–H groups in total. The fourth-order valence-corrected chi connectivity index (χ4v) is 2.56. The van der Waals surface area contributed by atoms with Gasteiger partial charge in [-0.15, -0.1) is 0 Å². The maximum Gasteiger partial charge on any atom is 0.0909 e. The zero-order valence-corrected chi connectivity index (χ0v) is 12.8. The van der Waals surface area contributed by atoms with Gasteiger partial charge in [0.2, 0.25) is 0 Å². The second kappa shape index (κ2) is 5.85. The first kappa shape index (κ1) is 14.2. The maximum atomic E-state index is 10.7. The van der Waals surface area contributed by atoms with E-state index in [0.29, 0.717) is 6.42 Å². The lowest BCUT2D eigenvalue weighted by molar-refractivity contribution is 0.0575. The number of hydrogen-bond acceptors (Lipinski definition) is 2. The van der Waals surface area contributed by atoms with E-state index in [0.717, 1.165) is 22.0 Å². The molecule has 2 aromatic rings. The summed E-state index contributed by atoms with van der Waals surface area (Å²) in [6.45, 7) is 3.97. The Kier molecular flexibility index (Phi) is 4.38. The van der Waals surface area contributed by atoms with Crippen molar-refractivity contribution in [2.45, 2.75) is 32.3 Å². The van der Waals surface area contributed by atoms with Gasteiger partial charge in [-0.05, 0) is 52.0 Å². The van der Waals surface area contributed by atoms with Crippen LogP contribution >= 0.6 is 15.9 Å². The highest BCUT2D eigenvalue weighted by atomic mass is 79.9. The molecule has 0 spiro atoms. The number of aryl methyl sites for hydroxylation is 1. The van der Waals surface area contributed by atoms with Crippen molar-refractivity contribution in [2.75, 3.05) is 0 Å². The molecule has 0 radical (unpaired) electrons. The van der Waals surface area contributed by atoms with Crippen LogP contribution in [0.3, 0.4) is 0 Å². The van der Waals surface area contributed by atoms with Crippen molar-refractivity contribution in [1.29, 1.82) is 0 Å². The minimum Gasteiger partial charge on any atom is -0.385 e. The predicted octanol–water partition coefficient (Wildman–Crippen LogP) is 3.86. The Morgan fingerprint density at radius 2 is 1.84 bits per heavy atom. The minimum absolute atomic E-state index is 0.547. The molecular weight excluding hydrogens is 302 g/mol. The summed E-state index contributed by atoms with van der Waals surface area (Å²) in [6.07, 6.45) is 5.09. The number of aromatic nitrogens is 1. The van der Waals surface area contributed by atoms with Crippen molar-refractivity contribution >= 4 is 15.9 Å². The first-order chi connectivity index (χ1) is 9.01. The molecule has 19 heavy (non-hydrogen) atoms. The van der Waals surface area contributed by atoms with E-state index in [1.807, 2.05) is 25.1 Å². The largest absolute Gasteiger partial charge is 0.385 e. The minimum atomic E-state index is -0.880. The highest BCUT2D eigenvalue weighted by Crippen LogP contribution is 2.26. The van der Waals surface area contributed by atoms with Gasteiger partial charge in [0.1, 0.15) is 0 Å². The van der Waals surface area contributed by atoms with Crippen LogP contribution in [-0.2, 0) is 18.4 Å². The van der Waals surface area contributed by atoms with E-state index in [2.05, 4.69) is 40.0 Å². The van der Waals surface area contributed by atoms with Crippen LogP contribution in [0.2, 0.25) is 0 Å². The highest BCUT2D eigenvalue weighted by molar-refractivity contribution is 9.10. The number of nitrogens with zero attached hydrogens (tertiary/aromatic N) is 1. The summed E-state index contributed by atoms with van der Waals surface area (Å²) in [5.41, 5.74) is 2.35. The van der Waals surface area contributed by atoms with Crippen molar-refractivity contribution in [3.8, 4) is 0 Å². The van der Waals surface area contributed by atoms with Gasteiger partial charge in [0.15, 0.2) is 0 Å². The third kappa shape index (κ3) is 3.64. The molecule has 1 heterocycles. The van der Waals surface area contributed by atoms with Crippen LogP contribution in [0, 0.1) is 0 Å². The summed E-state index contributed by atoms with van der Waals surface area (Å²) in [4.78, 5) is 4.13. The summed E-state index contributed by atoms with van der Waals surface area (Å²) in [7, 11) is 0. The second-order valence-electron chi connectivity index (χ2n) is 5.01. The molecule has 0 saturated carbocycles. The standard InChI is InChI=1S/C16H18BrNO/c1-3-12-4-6-14(7-5-12)16(2,19)9-13-8-15(17)11-18-10-13/h4-8,10-11,19H,3,9H2,1-2H3. The first-order valence-electron chi connectivity index (χ1n) is 6.42. The molecule has 100 valence electrons. The molecule has 0 saturated heterocycles. The molecule has 0 fully saturated rings. The van der Waals surface area contributed by atoms with Crippen molar-refractivity contribution in [3.63, 3.8) is 0 Å². The molecule has 2 nitrogen and oxygen atoms in total. The van der Waals surface area contributed by atoms with Gasteiger partial charge >= 0.3 is 0 Å². The van der Waals surface area contributed by atoms with Crippen molar-refractivity contribution < 1.29 is 5.11 Å². The Labute approximate surface area is 122 Å². The number of rotatable bonds is 4. The van der Waals surface area contributed by atoms with E-state index in [1.54, 1.807) is 12.4 Å². The topological polar surface area (TPSA) is 33.1 Å². The van der Waals surface area contributed by atoms with Crippen molar-refractivity contribution in [2.24, 2.45) is 0 Å². The lowest BCUT2D eigenvalue weighted by Crippen LogP contribution is -2.24. The third-order valence-electron chi connectivity index (χ3n) is 3.29. The zero-order chi connectivity index (χ0) is 13.9. The quantitative estimate of drug-likeness (QED) is 0.928. The van der Waals surface area contributed by atoms with Gasteiger partial charge in [-0.3, -0.25) is 4.98 Å². The Balaban J connectivity index is 2.21. The lowest BCUT2D eigenvalue weighted by atomic mass is 9.89. The SMILES string of the molecule is CCc1ccc(C(C)(O)Cc2cncc(Br)c2)cc1. The fraction of sp³-hybridized carbons (Fsp3) is 0.312. The van der Waals surface area contributed by atoms with Gasteiger partial charge in [-0.1, -0.05) is 31.2 Å². The lowest BCUT2D eigenvalue weighted by Gasteiger charge is -2.24. The average Bonchev–Trinajstić information content (AvgIpc) is 2.38. The number of pyridine rings is 1. The second-order valence-corrected chi connectivity index (χ2v) is 5.93. The maximum absolute atomic E-state index is 10.7. The van der Waals surface area contributed by atoms with Crippen molar-refractivity contribution in [3.05, 3.63) is 63.9 Å². The summed E-state index contributed by atoms with van der Waals surface area (Å²) in [5.74, 6) is 0. The smallest absolute Gasteiger partial charge is 0.0909 e. The van der Waals surface area contributed by atoms with E-state index in [1.165, 1.54) is 5.56 Å². The van der Waals surface area contributed by atoms with Crippen molar-refractivity contribution in [1.82, 2.24) is 4.98 Å². The summed E-state index contributed by atoms with van der Waals surface area (Å²) >= 11 is 3.40. The molecule has 1 aromatic carbocycles.